The minimum Gasteiger partial charge on any atom is -0.462 e. The molecule has 2 aromatic rings. The normalized spacial score (nSPS) is 12.6. The van der Waals surface area contributed by atoms with E-state index in [0.717, 1.165) is 0 Å². The molecule has 1 heterocycles. The molecular weight excluding hydrogens is 388 g/mol. The van der Waals surface area contributed by atoms with Gasteiger partial charge in [0, 0.05) is 11.3 Å². The summed E-state index contributed by atoms with van der Waals surface area (Å²) >= 11 is 0. The molecule has 0 saturated heterocycles. The first-order valence-electron chi connectivity index (χ1n) is 9.64. The lowest BCUT2D eigenvalue weighted by molar-refractivity contribution is -0.148. The third kappa shape index (κ3) is 5.14. The highest BCUT2D eigenvalue weighted by atomic mass is 16.5. The lowest BCUT2D eigenvalue weighted by Crippen LogP contribution is -2.41. The highest BCUT2D eigenvalue weighted by molar-refractivity contribution is 6.04. The number of nitrogens with one attached hydrogen (secondary N) is 2. The fourth-order valence-electron chi connectivity index (χ4n) is 2.97. The van der Waals surface area contributed by atoms with Crippen molar-refractivity contribution in [1.82, 2.24) is 10.3 Å². The van der Waals surface area contributed by atoms with Crippen LogP contribution in [0.3, 0.4) is 0 Å². The Morgan fingerprint density at radius 2 is 1.70 bits per heavy atom. The number of ketones is 1. The molecule has 1 aromatic carbocycles. The molecule has 160 valence electrons. The number of rotatable bonds is 8. The number of hydrogen-bond acceptors (Lipinski definition) is 6. The smallest absolute Gasteiger partial charge is 0.340 e. The average Bonchev–Trinajstić information content (AvgIpc) is 3.01. The first-order valence-corrected chi connectivity index (χ1v) is 9.64. The van der Waals surface area contributed by atoms with Gasteiger partial charge in [0.2, 0.25) is 5.78 Å². The van der Waals surface area contributed by atoms with Crippen LogP contribution in [0.2, 0.25) is 0 Å². The molecule has 30 heavy (non-hydrogen) atoms. The Morgan fingerprint density at radius 3 is 2.30 bits per heavy atom. The molecule has 0 saturated carbocycles. The molecule has 8 heteroatoms. The molecule has 0 bridgehead atoms. The summed E-state index contributed by atoms with van der Waals surface area (Å²) in [5.74, 6) is -2.17. The SMILES string of the molecule is CCOC(=O)c1c(C)[nH]c(C(=O)[C@H](C)OC(=O)[C@H](C)NC(=O)c2ccccc2)c1C. The molecule has 1 aromatic heterocycles. The number of carbonyl (C=O) groups excluding carboxylic acids is 4. The van der Waals surface area contributed by atoms with Crippen molar-refractivity contribution in [2.45, 2.75) is 46.8 Å². The third-order valence-electron chi connectivity index (χ3n) is 4.56. The fraction of sp³-hybridized carbons (Fsp3) is 0.364. The number of aryl methyl sites for hydroxylation is 1. The van der Waals surface area contributed by atoms with Crippen LogP contribution < -0.4 is 5.32 Å². The van der Waals surface area contributed by atoms with Crippen LogP contribution in [0.1, 0.15) is 63.2 Å². The van der Waals surface area contributed by atoms with Gasteiger partial charge in [-0.2, -0.15) is 0 Å². The van der Waals surface area contributed by atoms with E-state index in [1.54, 1.807) is 51.1 Å². The number of aromatic nitrogens is 1. The molecule has 0 unspecified atom stereocenters. The minimum atomic E-state index is -1.11. The van der Waals surface area contributed by atoms with Crippen LogP contribution in [-0.4, -0.2) is 47.4 Å². The summed E-state index contributed by atoms with van der Waals surface area (Å²) in [5, 5.41) is 2.54. The summed E-state index contributed by atoms with van der Waals surface area (Å²) in [4.78, 5) is 52.2. The number of H-pyrrole nitrogens is 1. The second-order valence-corrected chi connectivity index (χ2v) is 6.85. The van der Waals surface area contributed by atoms with E-state index in [-0.39, 0.29) is 12.3 Å². The summed E-state index contributed by atoms with van der Waals surface area (Å²) in [6, 6.07) is 7.50. The van der Waals surface area contributed by atoms with Crippen LogP contribution in [0.15, 0.2) is 30.3 Å². The number of benzene rings is 1. The highest BCUT2D eigenvalue weighted by Crippen LogP contribution is 2.21. The maximum absolute atomic E-state index is 12.8. The van der Waals surface area contributed by atoms with Crippen molar-refractivity contribution in [3.63, 3.8) is 0 Å². The molecule has 0 radical (unpaired) electrons. The lowest BCUT2D eigenvalue weighted by Gasteiger charge is -2.17. The van der Waals surface area contributed by atoms with Gasteiger partial charge >= 0.3 is 11.9 Å². The number of esters is 2. The molecule has 1 amide bonds. The number of amides is 1. The minimum absolute atomic E-state index is 0.178. The van der Waals surface area contributed by atoms with Gasteiger partial charge in [-0.15, -0.1) is 0 Å². The van der Waals surface area contributed by atoms with Crippen molar-refractivity contribution >= 4 is 23.6 Å². The zero-order valence-electron chi connectivity index (χ0n) is 17.7. The van der Waals surface area contributed by atoms with Crippen molar-refractivity contribution in [3.05, 3.63) is 58.4 Å². The summed E-state index contributed by atoms with van der Waals surface area (Å²) in [5.41, 5.74) is 1.81. The van der Waals surface area contributed by atoms with Crippen molar-refractivity contribution in [1.29, 1.82) is 0 Å². The number of carbonyl (C=O) groups is 4. The van der Waals surface area contributed by atoms with E-state index in [1.165, 1.54) is 13.8 Å². The Bertz CT molecular complexity index is 948. The van der Waals surface area contributed by atoms with Crippen LogP contribution in [0.5, 0.6) is 0 Å². The van der Waals surface area contributed by atoms with E-state index >= 15 is 0 Å². The summed E-state index contributed by atoms with van der Waals surface area (Å²) in [6.45, 7) is 8.11. The first kappa shape index (κ1) is 22.9. The van der Waals surface area contributed by atoms with Crippen molar-refractivity contribution in [2.24, 2.45) is 0 Å². The molecule has 2 atom stereocenters. The molecule has 2 N–H and O–H groups in total. The van der Waals surface area contributed by atoms with Gasteiger partial charge in [-0.1, -0.05) is 18.2 Å². The second-order valence-electron chi connectivity index (χ2n) is 6.85. The maximum Gasteiger partial charge on any atom is 0.340 e. The van der Waals surface area contributed by atoms with Crippen LogP contribution in [-0.2, 0) is 14.3 Å². The zero-order chi connectivity index (χ0) is 22.4. The molecule has 0 fully saturated rings. The predicted molar refractivity (Wildman–Crippen MR) is 109 cm³/mol. The number of Topliss-reactive ketones (excluding diaryl/α,β-unsaturated/α-hetero) is 1. The topological polar surface area (TPSA) is 115 Å². The van der Waals surface area contributed by atoms with Gasteiger partial charge < -0.3 is 19.8 Å². The molecule has 0 aliphatic carbocycles. The molecule has 0 aliphatic rings. The van der Waals surface area contributed by atoms with E-state index < -0.39 is 35.8 Å². The second kappa shape index (κ2) is 9.87. The summed E-state index contributed by atoms with van der Waals surface area (Å²) in [6.07, 6.45) is -1.11. The van der Waals surface area contributed by atoms with Crippen molar-refractivity contribution in [2.75, 3.05) is 6.61 Å². The summed E-state index contributed by atoms with van der Waals surface area (Å²) < 4.78 is 10.3. The molecule has 8 nitrogen and oxygen atoms in total. The molecule has 0 spiro atoms. The number of hydrogen-bond donors (Lipinski definition) is 2. The Labute approximate surface area is 175 Å². The maximum atomic E-state index is 12.8. The Morgan fingerprint density at radius 1 is 1.07 bits per heavy atom. The van der Waals surface area contributed by atoms with E-state index in [4.69, 9.17) is 9.47 Å². The van der Waals surface area contributed by atoms with Crippen LogP contribution >= 0.6 is 0 Å². The molecule has 0 aliphatic heterocycles. The van der Waals surface area contributed by atoms with Gasteiger partial charge in [0.1, 0.15) is 6.04 Å². The molecule has 2 rings (SSSR count). The van der Waals surface area contributed by atoms with Crippen molar-refractivity contribution in [3.8, 4) is 0 Å². The van der Waals surface area contributed by atoms with Gasteiger partial charge in [0.15, 0.2) is 6.10 Å². The fourth-order valence-corrected chi connectivity index (χ4v) is 2.97. The predicted octanol–water partition coefficient (Wildman–Crippen LogP) is 2.74. The Kier molecular flexibility index (Phi) is 7.52. The van der Waals surface area contributed by atoms with E-state index in [9.17, 15) is 19.2 Å². The van der Waals surface area contributed by atoms with Crippen LogP contribution in [0.4, 0.5) is 0 Å². The quantitative estimate of drug-likeness (QED) is 0.507. The first-order chi connectivity index (χ1) is 14.2. The monoisotopic (exact) mass is 414 g/mol. The Hall–Kier alpha value is -3.42. The van der Waals surface area contributed by atoms with E-state index in [1.807, 2.05) is 0 Å². The van der Waals surface area contributed by atoms with Crippen LogP contribution in [0, 0.1) is 13.8 Å². The van der Waals surface area contributed by atoms with Gasteiger partial charge in [0.05, 0.1) is 17.9 Å². The zero-order valence-corrected chi connectivity index (χ0v) is 17.7. The van der Waals surface area contributed by atoms with Gasteiger partial charge in [-0.05, 0) is 52.3 Å². The van der Waals surface area contributed by atoms with Crippen LogP contribution in [0.25, 0.3) is 0 Å². The van der Waals surface area contributed by atoms with Gasteiger partial charge in [-0.3, -0.25) is 9.59 Å². The Balaban J connectivity index is 2.05. The van der Waals surface area contributed by atoms with Crippen molar-refractivity contribution < 1.29 is 28.7 Å². The largest absolute Gasteiger partial charge is 0.462 e. The standard InChI is InChI=1S/C22H26N2O6/c1-6-29-22(28)17-12(2)18(23-13(17)3)19(25)15(5)30-21(27)14(4)24-20(26)16-10-8-7-9-11-16/h7-11,14-15,23H,6H2,1-5H3,(H,24,26)/t14-,15-/m0/s1. The number of aromatic amines is 1. The van der Waals surface area contributed by atoms with Gasteiger partial charge in [0.25, 0.3) is 5.91 Å². The molecular formula is C22H26N2O6. The van der Waals surface area contributed by atoms with Gasteiger partial charge in [-0.25, -0.2) is 9.59 Å². The lowest BCUT2D eigenvalue weighted by atomic mass is 10.1. The van der Waals surface area contributed by atoms with E-state index in [0.29, 0.717) is 22.4 Å². The average molecular weight is 414 g/mol. The number of ether oxygens (including phenoxy) is 2. The summed E-state index contributed by atoms with van der Waals surface area (Å²) in [7, 11) is 0. The highest BCUT2D eigenvalue weighted by Gasteiger charge is 2.29. The van der Waals surface area contributed by atoms with E-state index in [2.05, 4.69) is 10.3 Å². The third-order valence-corrected chi connectivity index (χ3v) is 4.56.